The van der Waals surface area contributed by atoms with Gasteiger partial charge in [-0.3, -0.25) is 4.79 Å². The van der Waals surface area contributed by atoms with Crippen LogP contribution in [0.3, 0.4) is 0 Å². The van der Waals surface area contributed by atoms with E-state index in [-0.39, 0.29) is 18.6 Å². The third-order valence-electron chi connectivity index (χ3n) is 3.73. The van der Waals surface area contributed by atoms with Crippen molar-refractivity contribution >= 4 is 5.91 Å². The molecule has 0 saturated carbocycles. The molecule has 1 saturated heterocycles. The second-order valence-corrected chi connectivity index (χ2v) is 5.06. The highest BCUT2D eigenvalue weighted by Crippen LogP contribution is 2.24. The molecule has 0 aromatic rings. The van der Waals surface area contributed by atoms with Gasteiger partial charge in [-0.25, -0.2) is 0 Å². The third-order valence-corrected chi connectivity index (χ3v) is 3.73. The van der Waals surface area contributed by atoms with E-state index in [4.69, 9.17) is 5.73 Å². The molecular weight excluding hydrogens is 216 g/mol. The van der Waals surface area contributed by atoms with Crippen LogP contribution in [0.5, 0.6) is 0 Å². The van der Waals surface area contributed by atoms with Gasteiger partial charge < -0.3 is 15.7 Å². The number of unbranched alkanes of at least 4 members (excludes halogenated alkanes) is 3. The van der Waals surface area contributed by atoms with E-state index in [1.807, 2.05) is 4.90 Å². The zero-order valence-electron chi connectivity index (χ0n) is 10.9. The van der Waals surface area contributed by atoms with Gasteiger partial charge in [0.15, 0.2) is 0 Å². The number of carbonyl (C=O) groups excluding carboxylic acids is 1. The molecule has 0 spiro atoms. The van der Waals surface area contributed by atoms with E-state index in [0.29, 0.717) is 12.3 Å². The van der Waals surface area contributed by atoms with Crippen LogP contribution < -0.4 is 5.73 Å². The molecule has 0 aromatic carbocycles. The number of hydrogen-bond acceptors (Lipinski definition) is 3. The summed E-state index contributed by atoms with van der Waals surface area (Å²) < 4.78 is 0. The fraction of sp³-hybridized carbons (Fsp3) is 0.923. The maximum absolute atomic E-state index is 12.0. The second-order valence-electron chi connectivity index (χ2n) is 5.06. The molecule has 1 aliphatic rings. The number of carbonyl (C=O) groups is 1. The van der Waals surface area contributed by atoms with Gasteiger partial charge in [0, 0.05) is 13.0 Å². The van der Waals surface area contributed by atoms with Crippen LogP contribution in [0.4, 0.5) is 0 Å². The molecule has 4 nitrogen and oxygen atoms in total. The van der Waals surface area contributed by atoms with Gasteiger partial charge in [0.25, 0.3) is 0 Å². The van der Waals surface area contributed by atoms with Crippen molar-refractivity contribution in [3.8, 4) is 0 Å². The van der Waals surface area contributed by atoms with E-state index in [1.165, 1.54) is 0 Å². The molecule has 1 rings (SSSR count). The van der Waals surface area contributed by atoms with Crippen molar-refractivity contribution in [2.75, 3.05) is 19.7 Å². The highest BCUT2D eigenvalue weighted by Gasteiger charge is 2.33. The topological polar surface area (TPSA) is 66.6 Å². The van der Waals surface area contributed by atoms with Crippen molar-refractivity contribution in [2.24, 2.45) is 11.7 Å². The number of nitrogens with two attached hydrogens (primary N) is 1. The highest BCUT2D eigenvalue weighted by atomic mass is 16.3. The molecule has 0 radical (unpaired) electrons. The SMILES string of the molecule is CC1CCN(C(=O)CCCCCCN)C1CO. The Bertz CT molecular complexity index is 233. The summed E-state index contributed by atoms with van der Waals surface area (Å²) in [6.07, 6.45) is 5.83. The van der Waals surface area contributed by atoms with Crippen molar-refractivity contribution in [1.82, 2.24) is 4.90 Å². The van der Waals surface area contributed by atoms with Crippen LogP contribution in [0, 0.1) is 5.92 Å². The van der Waals surface area contributed by atoms with Gasteiger partial charge >= 0.3 is 0 Å². The molecule has 1 fully saturated rings. The Morgan fingerprint density at radius 2 is 2.06 bits per heavy atom. The van der Waals surface area contributed by atoms with Gasteiger partial charge in [-0.15, -0.1) is 0 Å². The molecule has 2 atom stereocenters. The summed E-state index contributed by atoms with van der Waals surface area (Å²) in [7, 11) is 0. The van der Waals surface area contributed by atoms with Crippen LogP contribution in [0.1, 0.15) is 45.4 Å². The summed E-state index contributed by atoms with van der Waals surface area (Å²) in [5, 5.41) is 9.29. The summed E-state index contributed by atoms with van der Waals surface area (Å²) in [4.78, 5) is 13.9. The van der Waals surface area contributed by atoms with Crippen molar-refractivity contribution < 1.29 is 9.90 Å². The van der Waals surface area contributed by atoms with Crippen LogP contribution >= 0.6 is 0 Å². The molecule has 17 heavy (non-hydrogen) atoms. The lowest BCUT2D eigenvalue weighted by atomic mass is 10.0. The van der Waals surface area contributed by atoms with E-state index < -0.39 is 0 Å². The molecule has 2 unspecified atom stereocenters. The predicted octanol–water partition coefficient (Wildman–Crippen LogP) is 1.12. The minimum Gasteiger partial charge on any atom is -0.394 e. The summed E-state index contributed by atoms with van der Waals surface area (Å²) in [6.45, 7) is 3.76. The van der Waals surface area contributed by atoms with Crippen LogP contribution in [0.2, 0.25) is 0 Å². The van der Waals surface area contributed by atoms with E-state index in [2.05, 4.69) is 6.92 Å². The fourth-order valence-corrected chi connectivity index (χ4v) is 2.51. The number of hydrogen-bond donors (Lipinski definition) is 2. The summed E-state index contributed by atoms with van der Waals surface area (Å²) in [6, 6.07) is 0.0477. The van der Waals surface area contributed by atoms with E-state index in [9.17, 15) is 9.90 Å². The number of aliphatic hydroxyl groups excluding tert-OH is 1. The van der Waals surface area contributed by atoms with E-state index in [1.54, 1.807) is 0 Å². The molecule has 4 heteroatoms. The van der Waals surface area contributed by atoms with Gasteiger partial charge in [0.2, 0.25) is 5.91 Å². The van der Waals surface area contributed by atoms with Crippen LogP contribution in [-0.2, 0) is 4.79 Å². The first kappa shape index (κ1) is 14.5. The molecule has 0 aliphatic carbocycles. The number of aliphatic hydroxyl groups is 1. The molecule has 1 amide bonds. The predicted molar refractivity (Wildman–Crippen MR) is 68.5 cm³/mol. The number of rotatable bonds is 7. The first-order valence-electron chi connectivity index (χ1n) is 6.81. The van der Waals surface area contributed by atoms with Gasteiger partial charge in [0.1, 0.15) is 0 Å². The molecule has 1 aliphatic heterocycles. The number of amides is 1. The monoisotopic (exact) mass is 242 g/mol. The number of likely N-dealkylation sites (tertiary alicyclic amines) is 1. The lowest BCUT2D eigenvalue weighted by Gasteiger charge is -2.25. The average Bonchev–Trinajstić information content (AvgIpc) is 2.70. The lowest BCUT2D eigenvalue weighted by molar-refractivity contribution is -0.133. The quantitative estimate of drug-likeness (QED) is 0.658. The molecule has 3 N–H and O–H groups in total. The fourth-order valence-electron chi connectivity index (χ4n) is 2.51. The minimum atomic E-state index is 0.0477. The Labute approximate surface area is 104 Å². The largest absolute Gasteiger partial charge is 0.394 e. The maximum atomic E-state index is 12.0. The first-order valence-corrected chi connectivity index (χ1v) is 6.81. The van der Waals surface area contributed by atoms with Gasteiger partial charge in [0.05, 0.1) is 12.6 Å². The second kappa shape index (κ2) is 7.67. The zero-order valence-corrected chi connectivity index (χ0v) is 10.9. The normalized spacial score (nSPS) is 24.3. The Morgan fingerprint density at radius 1 is 1.35 bits per heavy atom. The van der Waals surface area contributed by atoms with Crippen molar-refractivity contribution in [3.05, 3.63) is 0 Å². The molecular formula is C13H26N2O2. The van der Waals surface area contributed by atoms with Crippen LogP contribution in [0.25, 0.3) is 0 Å². The Kier molecular flexibility index (Phi) is 6.52. The number of nitrogens with zero attached hydrogens (tertiary/aromatic N) is 1. The summed E-state index contributed by atoms with van der Waals surface area (Å²) >= 11 is 0. The summed E-state index contributed by atoms with van der Waals surface area (Å²) in [5.74, 6) is 0.641. The maximum Gasteiger partial charge on any atom is 0.222 e. The molecule has 0 bridgehead atoms. The van der Waals surface area contributed by atoms with Gasteiger partial charge in [-0.1, -0.05) is 19.8 Å². The van der Waals surface area contributed by atoms with E-state index >= 15 is 0 Å². The van der Waals surface area contributed by atoms with E-state index in [0.717, 1.165) is 45.2 Å². The smallest absolute Gasteiger partial charge is 0.222 e. The van der Waals surface area contributed by atoms with Crippen molar-refractivity contribution in [1.29, 1.82) is 0 Å². The van der Waals surface area contributed by atoms with Gasteiger partial charge in [-0.2, -0.15) is 0 Å². The minimum absolute atomic E-state index is 0.0477. The average molecular weight is 242 g/mol. The highest BCUT2D eigenvalue weighted by molar-refractivity contribution is 5.76. The molecule has 1 heterocycles. The van der Waals surface area contributed by atoms with Crippen LogP contribution in [-0.4, -0.2) is 41.7 Å². The molecule has 0 aromatic heterocycles. The Hall–Kier alpha value is -0.610. The third kappa shape index (κ3) is 4.28. The summed E-state index contributed by atoms with van der Waals surface area (Å²) in [5.41, 5.74) is 5.42. The lowest BCUT2D eigenvalue weighted by Crippen LogP contribution is -2.39. The van der Waals surface area contributed by atoms with Crippen LogP contribution in [0.15, 0.2) is 0 Å². The standard InChI is InChI=1S/C13H26N2O2/c1-11-7-9-15(12(11)10-16)13(17)6-4-2-3-5-8-14/h11-12,16H,2-10,14H2,1H3. The van der Waals surface area contributed by atoms with Crippen molar-refractivity contribution in [3.63, 3.8) is 0 Å². The Balaban J connectivity index is 2.23. The van der Waals surface area contributed by atoms with Gasteiger partial charge in [-0.05, 0) is 31.7 Å². The molecule has 100 valence electrons. The zero-order chi connectivity index (χ0) is 12.7. The first-order chi connectivity index (χ1) is 8.20. The Morgan fingerprint density at radius 3 is 2.71 bits per heavy atom. The van der Waals surface area contributed by atoms with Crippen molar-refractivity contribution in [2.45, 2.75) is 51.5 Å².